The zero-order valence-corrected chi connectivity index (χ0v) is 9.75. The molecule has 2 rings (SSSR count). The highest BCUT2D eigenvalue weighted by molar-refractivity contribution is 5.51. The predicted molar refractivity (Wildman–Crippen MR) is 66.1 cm³/mol. The van der Waals surface area contributed by atoms with Gasteiger partial charge in [-0.1, -0.05) is 43.3 Å². The van der Waals surface area contributed by atoms with Crippen molar-refractivity contribution in [2.45, 2.75) is 33.1 Å². The van der Waals surface area contributed by atoms with E-state index in [2.05, 4.69) is 57.2 Å². The lowest BCUT2D eigenvalue weighted by atomic mass is 9.77. The molecule has 1 unspecified atom stereocenters. The van der Waals surface area contributed by atoms with E-state index in [1.54, 1.807) is 0 Å². The molecular formula is C15H18. The van der Waals surface area contributed by atoms with Gasteiger partial charge in [0.1, 0.15) is 0 Å². The van der Waals surface area contributed by atoms with Crippen molar-refractivity contribution < 1.29 is 0 Å². The van der Waals surface area contributed by atoms with E-state index in [0.29, 0.717) is 5.92 Å². The number of hydrogen-bond acceptors (Lipinski definition) is 0. The van der Waals surface area contributed by atoms with Crippen molar-refractivity contribution in [3.63, 3.8) is 0 Å². The summed E-state index contributed by atoms with van der Waals surface area (Å²) >= 11 is 0. The average Bonchev–Trinajstić information content (AvgIpc) is 2.29. The molecule has 0 radical (unpaired) electrons. The van der Waals surface area contributed by atoms with Crippen molar-refractivity contribution in [1.29, 1.82) is 0 Å². The van der Waals surface area contributed by atoms with Crippen molar-refractivity contribution in [1.82, 2.24) is 0 Å². The van der Waals surface area contributed by atoms with Crippen molar-refractivity contribution in [3.05, 3.63) is 58.7 Å². The molecule has 0 aliphatic heterocycles. The molecule has 1 aromatic rings. The van der Waals surface area contributed by atoms with Crippen LogP contribution in [-0.2, 0) is 6.42 Å². The second-order valence-electron chi connectivity index (χ2n) is 4.16. The number of allylic oxidation sites excluding steroid dienone is 4. The topological polar surface area (TPSA) is 0 Å². The Morgan fingerprint density at radius 2 is 1.87 bits per heavy atom. The molecule has 1 atom stereocenters. The first-order valence-electron chi connectivity index (χ1n) is 5.67. The fourth-order valence-corrected chi connectivity index (χ4v) is 2.57. The molecular weight excluding hydrogens is 180 g/mol. The van der Waals surface area contributed by atoms with Crippen molar-refractivity contribution >= 4 is 0 Å². The van der Waals surface area contributed by atoms with Crippen molar-refractivity contribution in [3.8, 4) is 0 Å². The van der Waals surface area contributed by atoms with Gasteiger partial charge >= 0.3 is 0 Å². The minimum absolute atomic E-state index is 0.547. The fraction of sp³-hybridized carbons (Fsp3) is 0.333. The van der Waals surface area contributed by atoms with Gasteiger partial charge in [0.05, 0.1) is 0 Å². The Balaban J connectivity index is 2.55. The van der Waals surface area contributed by atoms with Crippen LogP contribution in [0.4, 0.5) is 0 Å². The van der Waals surface area contributed by atoms with E-state index in [9.17, 15) is 0 Å². The van der Waals surface area contributed by atoms with E-state index in [0.717, 1.165) is 6.42 Å². The molecule has 0 bridgehead atoms. The van der Waals surface area contributed by atoms with Gasteiger partial charge in [0.25, 0.3) is 0 Å². The summed E-state index contributed by atoms with van der Waals surface area (Å²) in [6.07, 6.45) is 5.61. The van der Waals surface area contributed by atoms with Gasteiger partial charge in [0.2, 0.25) is 0 Å². The predicted octanol–water partition coefficient (Wildman–Crippen LogP) is 4.24. The standard InChI is InChI=1S/C15H18/c1-4-12-10-13-8-6-7-9-15(13)11(3)14(12)5-2/h4-9,11H,10H2,1-3H3/b12-4-,14-5-. The molecule has 1 aliphatic rings. The molecule has 78 valence electrons. The van der Waals surface area contributed by atoms with Crippen LogP contribution in [0.1, 0.15) is 37.8 Å². The Labute approximate surface area is 92.3 Å². The van der Waals surface area contributed by atoms with Crippen LogP contribution in [0.2, 0.25) is 0 Å². The molecule has 0 amide bonds. The Bertz CT molecular complexity index is 421. The largest absolute Gasteiger partial charge is 0.0838 e. The van der Waals surface area contributed by atoms with Gasteiger partial charge in [-0.2, -0.15) is 0 Å². The normalized spacial score (nSPS) is 25.7. The first kappa shape index (κ1) is 10.2. The van der Waals surface area contributed by atoms with Crippen molar-refractivity contribution in [2.75, 3.05) is 0 Å². The van der Waals surface area contributed by atoms with Crippen LogP contribution in [0, 0.1) is 0 Å². The van der Waals surface area contributed by atoms with Gasteiger partial charge in [0, 0.05) is 5.92 Å². The van der Waals surface area contributed by atoms with Gasteiger partial charge in [-0.15, -0.1) is 0 Å². The molecule has 0 fully saturated rings. The quantitative estimate of drug-likeness (QED) is 0.585. The third-order valence-corrected chi connectivity index (χ3v) is 3.40. The maximum atomic E-state index is 2.30. The van der Waals surface area contributed by atoms with Crippen LogP contribution in [0.5, 0.6) is 0 Å². The molecule has 0 heterocycles. The molecule has 0 saturated heterocycles. The minimum atomic E-state index is 0.547. The molecule has 15 heavy (non-hydrogen) atoms. The highest BCUT2D eigenvalue weighted by Crippen LogP contribution is 2.38. The fourth-order valence-electron chi connectivity index (χ4n) is 2.57. The smallest absolute Gasteiger partial charge is 0.00633 e. The van der Waals surface area contributed by atoms with Crippen LogP contribution in [0.15, 0.2) is 47.6 Å². The third-order valence-electron chi connectivity index (χ3n) is 3.40. The summed E-state index contributed by atoms with van der Waals surface area (Å²) in [4.78, 5) is 0. The van der Waals surface area contributed by atoms with Crippen LogP contribution in [0.3, 0.4) is 0 Å². The number of benzene rings is 1. The maximum Gasteiger partial charge on any atom is 0.00633 e. The SMILES string of the molecule is C/C=C1/Cc2ccccc2C(C)/C1=C/C. The first-order valence-corrected chi connectivity index (χ1v) is 5.67. The Kier molecular flexibility index (Phi) is 2.77. The lowest BCUT2D eigenvalue weighted by molar-refractivity contribution is 0.827. The highest BCUT2D eigenvalue weighted by atomic mass is 14.3. The third kappa shape index (κ3) is 1.65. The number of hydrogen-bond donors (Lipinski definition) is 0. The minimum Gasteiger partial charge on any atom is -0.0838 e. The van der Waals surface area contributed by atoms with Gasteiger partial charge in [0.15, 0.2) is 0 Å². The molecule has 0 nitrogen and oxygen atoms in total. The lowest BCUT2D eigenvalue weighted by Crippen LogP contribution is -2.12. The van der Waals surface area contributed by atoms with E-state index >= 15 is 0 Å². The summed E-state index contributed by atoms with van der Waals surface area (Å²) in [6.45, 7) is 6.58. The summed E-state index contributed by atoms with van der Waals surface area (Å²) in [5.41, 5.74) is 5.97. The summed E-state index contributed by atoms with van der Waals surface area (Å²) in [7, 11) is 0. The summed E-state index contributed by atoms with van der Waals surface area (Å²) in [5, 5.41) is 0. The van der Waals surface area contributed by atoms with E-state index < -0.39 is 0 Å². The lowest BCUT2D eigenvalue weighted by Gasteiger charge is -2.28. The molecule has 0 spiro atoms. The second-order valence-corrected chi connectivity index (χ2v) is 4.16. The summed E-state index contributed by atoms with van der Waals surface area (Å²) in [6, 6.07) is 8.79. The molecule has 0 saturated carbocycles. The molecule has 1 aromatic carbocycles. The van der Waals surface area contributed by atoms with E-state index in [1.165, 1.54) is 22.3 Å². The van der Waals surface area contributed by atoms with Crippen molar-refractivity contribution in [2.24, 2.45) is 0 Å². The number of fused-ring (bicyclic) bond motifs is 1. The molecule has 0 N–H and O–H groups in total. The van der Waals surface area contributed by atoms with E-state index in [4.69, 9.17) is 0 Å². The molecule has 1 aliphatic carbocycles. The van der Waals surface area contributed by atoms with E-state index in [-0.39, 0.29) is 0 Å². The highest BCUT2D eigenvalue weighted by Gasteiger charge is 2.22. The van der Waals surface area contributed by atoms with Gasteiger partial charge in [-0.05, 0) is 42.5 Å². The first-order chi connectivity index (χ1) is 7.27. The van der Waals surface area contributed by atoms with Crippen LogP contribution in [-0.4, -0.2) is 0 Å². The zero-order valence-electron chi connectivity index (χ0n) is 9.75. The van der Waals surface area contributed by atoms with E-state index in [1.807, 2.05) is 0 Å². The zero-order chi connectivity index (χ0) is 10.8. The van der Waals surface area contributed by atoms with Gasteiger partial charge < -0.3 is 0 Å². The average molecular weight is 198 g/mol. The Morgan fingerprint density at radius 3 is 2.53 bits per heavy atom. The summed E-state index contributed by atoms with van der Waals surface area (Å²) in [5.74, 6) is 0.547. The van der Waals surface area contributed by atoms with Crippen LogP contribution < -0.4 is 0 Å². The second kappa shape index (κ2) is 4.06. The Hall–Kier alpha value is -1.30. The molecule has 0 heteroatoms. The van der Waals surface area contributed by atoms with Crippen LogP contribution in [0.25, 0.3) is 0 Å². The maximum absolute atomic E-state index is 2.30. The molecule has 0 aromatic heterocycles. The van der Waals surface area contributed by atoms with Gasteiger partial charge in [-0.25, -0.2) is 0 Å². The monoisotopic (exact) mass is 198 g/mol. The van der Waals surface area contributed by atoms with Gasteiger partial charge in [-0.3, -0.25) is 0 Å². The number of rotatable bonds is 0. The Morgan fingerprint density at radius 1 is 1.13 bits per heavy atom. The van der Waals surface area contributed by atoms with Crippen LogP contribution >= 0.6 is 0 Å². The summed E-state index contributed by atoms with van der Waals surface area (Å²) < 4.78 is 0.